The van der Waals surface area contributed by atoms with Crippen molar-refractivity contribution in [3.63, 3.8) is 0 Å². The second-order valence-corrected chi connectivity index (χ2v) is 6.28. The van der Waals surface area contributed by atoms with Gasteiger partial charge in [-0.05, 0) is 36.1 Å². The summed E-state index contributed by atoms with van der Waals surface area (Å²) in [4.78, 5) is 24.0. The Morgan fingerprint density at radius 1 is 1.14 bits per heavy atom. The van der Waals surface area contributed by atoms with Gasteiger partial charge in [-0.3, -0.25) is 9.59 Å². The largest absolute Gasteiger partial charge is 0.321 e. The second kappa shape index (κ2) is 7.22. The Morgan fingerprint density at radius 2 is 1.86 bits per heavy atom. The van der Waals surface area contributed by atoms with E-state index in [9.17, 15) is 9.59 Å². The molecule has 116 valence electrons. The van der Waals surface area contributed by atoms with Crippen LogP contribution in [0.1, 0.15) is 48.3 Å². The smallest absolute Gasteiger partial charge is 0.265 e. The van der Waals surface area contributed by atoms with Gasteiger partial charge in [0.05, 0.1) is 9.88 Å². The summed E-state index contributed by atoms with van der Waals surface area (Å²) in [5.74, 6) is 0.0862. The lowest BCUT2D eigenvalue weighted by Crippen LogP contribution is -2.12. The predicted octanol–water partition coefficient (Wildman–Crippen LogP) is 4.47. The lowest BCUT2D eigenvalue weighted by atomic mass is 9.97. The van der Waals surface area contributed by atoms with Crippen LogP contribution in [0.15, 0.2) is 36.4 Å². The third-order valence-corrected chi connectivity index (χ3v) is 4.48. The summed E-state index contributed by atoms with van der Waals surface area (Å²) in [7, 11) is 0. The van der Waals surface area contributed by atoms with Gasteiger partial charge >= 0.3 is 0 Å². The number of rotatable bonds is 5. The van der Waals surface area contributed by atoms with Gasteiger partial charge in [-0.1, -0.05) is 32.0 Å². The van der Waals surface area contributed by atoms with Crippen LogP contribution >= 0.6 is 11.3 Å². The van der Waals surface area contributed by atoms with Crippen molar-refractivity contribution in [3.8, 4) is 0 Å². The third-order valence-electron chi connectivity index (χ3n) is 3.48. The van der Waals surface area contributed by atoms with E-state index in [-0.39, 0.29) is 11.8 Å². The summed E-state index contributed by atoms with van der Waals surface area (Å²) in [5.41, 5.74) is 1.98. The highest BCUT2D eigenvalue weighted by atomic mass is 32.1. The minimum absolute atomic E-state index is 0.143. The van der Waals surface area contributed by atoms with Crippen LogP contribution in [0.2, 0.25) is 0 Å². The molecule has 0 aliphatic carbocycles. The van der Waals surface area contributed by atoms with Crippen LogP contribution in [-0.2, 0) is 4.79 Å². The maximum Gasteiger partial charge on any atom is 0.265 e. The fourth-order valence-corrected chi connectivity index (χ4v) is 2.99. The monoisotopic (exact) mass is 316 g/mol. The molecule has 0 fully saturated rings. The van der Waals surface area contributed by atoms with Crippen molar-refractivity contribution < 1.29 is 9.59 Å². The number of benzene rings is 1. The number of carbonyl (C=O) groups excluding carboxylic acids is 2. The molecule has 2 rings (SSSR count). The van der Waals surface area contributed by atoms with Crippen LogP contribution in [0.5, 0.6) is 0 Å². The average molecular weight is 316 g/mol. The van der Waals surface area contributed by atoms with Crippen molar-refractivity contribution in [2.24, 2.45) is 0 Å². The number of hydrogen-bond acceptors (Lipinski definition) is 3. The topological polar surface area (TPSA) is 58.2 Å². The maximum absolute atomic E-state index is 12.4. The van der Waals surface area contributed by atoms with Crippen LogP contribution in [0.4, 0.5) is 10.7 Å². The summed E-state index contributed by atoms with van der Waals surface area (Å²) < 4.78 is 0. The van der Waals surface area contributed by atoms with Gasteiger partial charge in [0, 0.05) is 12.6 Å². The standard InChI is InChI=1S/C17H20N2O2S/c1-4-11(2)13-7-5-6-8-14(13)19-17(21)15-9-10-16(22-15)18-12(3)20/h5-11H,4H2,1-3H3,(H,18,20)(H,19,21)/t11-/m0/s1. The molecular formula is C17H20N2O2S. The van der Waals surface area contributed by atoms with Crippen LogP contribution in [0, 0.1) is 0 Å². The Balaban J connectivity index is 2.15. The van der Waals surface area contributed by atoms with E-state index in [1.165, 1.54) is 18.3 Å². The first-order chi connectivity index (χ1) is 10.5. The first-order valence-electron chi connectivity index (χ1n) is 7.29. The zero-order chi connectivity index (χ0) is 16.1. The molecule has 0 aliphatic rings. The summed E-state index contributed by atoms with van der Waals surface area (Å²) in [6.45, 7) is 5.72. The zero-order valence-corrected chi connectivity index (χ0v) is 13.8. The van der Waals surface area contributed by atoms with Crippen molar-refractivity contribution in [2.45, 2.75) is 33.1 Å². The van der Waals surface area contributed by atoms with Gasteiger partial charge in [-0.2, -0.15) is 0 Å². The molecule has 0 spiro atoms. The lowest BCUT2D eigenvalue weighted by molar-refractivity contribution is -0.114. The molecule has 2 N–H and O–H groups in total. The molecule has 1 atom stereocenters. The quantitative estimate of drug-likeness (QED) is 0.855. The molecule has 1 aromatic heterocycles. The van der Waals surface area contributed by atoms with Crippen molar-refractivity contribution in [3.05, 3.63) is 46.8 Å². The molecule has 1 heterocycles. The van der Waals surface area contributed by atoms with Gasteiger partial charge in [-0.25, -0.2) is 0 Å². The molecule has 4 nitrogen and oxygen atoms in total. The number of para-hydroxylation sites is 1. The molecule has 2 amide bonds. The van der Waals surface area contributed by atoms with Gasteiger partial charge in [0.1, 0.15) is 0 Å². The van der Waals surface area contributed by atoms with E-state index in [1.807, 2.05) is 24.3 Å². The van der Waals surface area contributed by atoms with Crippen LogP contribution in [-0.4, -0.2) is 11.8 Å². The third kappa shape index (κ3) is 3.95. The molecule has 5 heteroatoms. The number of nitrogens with one attached hydrogen (secondary N) is 2. The molecular weight excluding hydrogens is 296 g/mol. The molecule has 0 unspecified atom stereocenters. The normalized spacial score (nSPS) is 11.8. The van der Waals surface area contributed by atoms with E-state index < -0.39 is 0 Å². The first kappa shape index (κ1) is 16.2. The number of carbonyl (C=O) groups is 2. The van der Waals surface area contributed by atoms with Crippen molar-refractivity contribution >= 4 is 33.8 Å². The van der Waals surface area contributed by atoms with Gasteiger partial charge in [0.2, 0.25) is 5.91 Å². The first-order valence-corrected chi connectivity index (χ1v) is 8.10. The van der Waals surface area contributed by atoms with Crippen LogP contribution < -0.4 is 10.6 Å². The van der Waals surface area contributed by atoms with Gasteiger partial charge < -0.3 is 10.6 Å². The Labute approximate surface area is 134 Å². The Bertz CT molecular complexity index is 679. The average Bonchev–Trinajstić information content (AvgIpc) is 2.94. The zero-order valence-electron chi connectivity index (χ0n) is 13.0. The fraction of sp³-hybridized carbons (Fsp3) is 0.294. The van der Waals surface area contributed by atoms with Gasteiger partial charge in [0.15, 0.2) is 0 Å². The number of anilines is 2. The van der Waals surface area contributed by atoms with Crippen LogP contribution in [0.3, 0.4) is 0 Å². The predicted molar refractivity (Wildman–Crippen MR) is 91.7 cm³/mol. The molecule has 0 saturated heterocycles. The highest BCUT2D eigenvalue weighted by Crippen LogP contribution is 2.28. The summed E-state index contributed by atoms with van der Waals surface area (Å²) in [5, 5.41) is 6.32. The fourth-order valence-electron chi connectivity index (χ4n) is 2.14. The van der Waals surface area contributed by atoms with Crippen molar-refractivity contribution in [1.82, 2.24) is 0 Å². The molecule has 0 bridgehead atoms. The molecule has 1 aromatic carbocycles. The molecule has 2 aromatic rings. The van der Waals surface area contributed by atoms with E-state index in [2.05, 4.69) is 24.5 Å². The minimum atomic E-state index is -0.155. The summed E-state index contributed by atoms with van der Waals surface area (Å²) in [6.07, 6.45) is 1.01. The van der Waals surface area contributed by atoms with E-state index in [1.54, 1.807) is 12.1 Å². The van der Waals surface area contributed by atoms with E-state index in [4.69, 9.17) is 0 Å². The molecule has 22 heavy (non-hydrogen) atoms. The second-order valence-electron chi connectivity index (χ2n) is 5.20. The summed E-state index contributed by atoms with van der Waals surface area (Å²) in [6, 6.07) is 11.3. The highest BCUT2D eigenvalue weighted by Gasteiger charge is 2.14. The number of hydrogen-bond donors (Lipinski definition) is 2. The molecule has 0 radical (unpaired) electrons. The number of thiophene rings is 1. The molecule has 0 aliphatic heterocycles. The summed E-state index contributed by atoms with van der Waals surface area (Å²) >= 11 is 1.26. The highest BCUT2D eigenvalue weighted by molar-refractivity contribution is 7.18. The van der Waals surface area contributed by atoms with E-state index in [0.29, 0.717) is 15.8 Å². The van der Waals surface area contributed by atoms with Crippen LogP contribution in [0.25, 0.3) is 0 Å². The minimum Gasteiger partial charge on any atom is -0.321 e. The lowest BCUT2D eigenvalue weighted by Gasteiger charge is -2.15. The Kier molecular flexibility index (Phi) is 5.33. The van der Waals surface area contributed by atoms with Crippen molar-refractivity contribution in [2.75, 3.05) is 10.6 Å². The Hall–Kier alpha value is -2.14. The SMILES string of the molecule is CC[C@H](C)c1ccccc1NC(=O)c1ccc(NC(C)=O)s1. The number of amides is 2. The van der Waals surface area contributed by atoms with Gasteiger partial charge in [-0.15, -0.1) is 11.3 Å². The maximum atomic E-state index is 12.4. The van der Waals surface area contributed by atoms with E-state index in [0.717, 1.165) is 17.7 Å². The van der Waals surface area contributed by atoms with E-state index >= 15 is 0 Å². The molecule has 0 saturated carbocycles. The van der Waals surface area contributed by atoms with Crippen molar-refractivity contribution in [1.29, 1.82) is 0 Å². The Morgan fingerprint density at radius 3 is 2.55 bits per heavy atom. The van der Waals surface area contributed by atoms with Gasteiger partial charge in [0.25, 0.3) is 5.91 Å².